The van der Waals surface area contributed by atoms with Crippen molar-refractivity contribution in [3.8, 4) is 5.75 Å². The summed E-state index contributed by atoms with van der Waals surface area (Å²) in [4.78, 5) is 12.6. The molecule has 1 aliphatic rings. The zero-order valence-corrected chi connectivity index (χ0v) is 16.2. The van der Waals surface area contributed by atoms with Crippen LogP contribution >= 0.6 is 0 Å². The lowest BCUT2D eigenvalue weighted by atomic mass is 9.84. The Morgan fingerprint density at radius 2 is 1.88 bits per heavy atom. The molecule has 0 fully saturated rings. The summed E-state index contributed by atoms with van der Waals surface area (Å²) in [5, 5.41) is 20.2. The maximum absolute atomic E-state index is 12.6. The van der Waals surface area contributed by atoms with E-state index in [-0.39, 0.29) is 11.7 Å². The molecular weight excluding hydrogens is 328 g/mol. The topological polar surface area (TPSA) is 66.8 Å². The van der Waals surface area contributed by atoms with Gasteiger partial charge in [0.25, 0.3) is 0 Å². The van der Waals surface area contributed by atoms with E-state index in [9.17, 15) is 15.0 Å². The maximum atomic E-state index is 12.6. The zero-order valence-electron chi connectivity index (χ0n) is 16.2. The van der Waals surface area contributed by atoms with E-state index < -0.39 is 17.7 Å². The number of esters is 1. The molecule has 142 valence electrons. The molecule has 1 aliphatic carbocycles. The van der Waals surface area contributed by atoms with Crippen LogP contribution in [0, 0.1) is 5.92 Å². The molecule has 0 saturated heterocycles. The second-order valence-corrected chi connectivity index (χ2v) is 7.83. The van der Waals surface area contributed by atoms with Crippen LogP contribution in [0.25, 0.3) is 0 Å². The highest BCUT2D eigenvalue weighted by atomic mass is 16.5. The van der Waals surface area contributed by atoms with E-state index in [4.69, 9.17) is 4.74 Å². The summed E-state index contributed by atoms with van der Waals surface area (Å²) < 4.78 is 5.82. The van der Waals surface area contributed by atoms with E-state index in [0.717, 1.165) is 18.4 Å². The number of carbonyl (C=O) groups is 1. The van der Waals surface area contributed by atoms with Crippen molar-refractivity contribution < 1.29 is 19.7 Å². The van der Waals surface area contributed by atoms with Gasteiger partial charge in [-0.05, 0) is 68.9 Å². The van der Waals surface area contributed by atoms with Crippen molar-refractivity contribution >= 4 is 5.97 Å². The van der Waals surface area contributed by atoms with Crippen molar-refractivity contribution in [1.29, 1.82) is 0 Å². The fourth-order valence-electron chi connectivity index (χ4n) is 3.27. The van der Waals surface area contributed by atoms with E-state index in [1.165, 1.54) is 17.7 Å². The van der Waals surface area contributed by atoms with E-state index in [1.54, 1.807) is 12.1 Å². The van der Waals surface area contributed by atoms with Crippen LogP contribution in [0.1, 0.15) is 63.7 Å². The Balaban J connectivity index is 2.33. The largest absolute Gasteiger partial charge is 0.508 e. The van der Waals surface area contributed by atoms with Gasteiger partial charge in [0.1, 0.15) is 11.9 Å². The minimum Gasteiger partial charge on any atom is -0.508 e. The van der Waals surface area contributed by atoms with Crippen LogP contribution in [0.4, 0.5) is 0 Å². The Labute approximate surface area is 156 Å². The number of hydrogen-bond donors (Lipinski definition) is 2. The van der Waals surface area contributed by atoms with Crippen LogP contribution in [0.5, 0.6) is 5.75 Å². The Morgan fingerprint density at radius 3 is 2.50 bits per heavy atom. The third-order valence-electron chi connectivity index (χ3n) is 4.86. The Morgan fingerprint density at radius 1 is 1.23 bits per heavy atom. The molecule has 4 nitrogen and oxygen atoms in total. The number of aromatic hydroxyl groups is 1. The molecule has 1 aromatic rings. The third-order valence-corrected chi connectivity index (χ3v) is 4.86. The molecule has 26 heavy (non-hydrogen) atoms. The number of allylic oxidation sites excluding steroid dienone is 3. The maximum Gasteiger partial charge on any atom is 0.338 e. The predicted molar refractivity (Wildman–Crippen MR) is 103 cm³/mol. The van der Waals surface area contributed by atoms with Crippen LogP contribution in [-0.2, 0) is 4.74 Å². The number of phenols is 1. The lowest BCUT2D eigenvalue weighted by molar-refractivity contribution is -0.0135. The highest BCUT2D eigenvalue weighted by molar-refractivity contribution is 5.89. The molecule has 4 heteroatoms. The van der Waals surface area contributed by atoms with Gasteiger partial charge in [-0.25, -0.2) is 4.79 Å². The van der Waals surface area contributed by atoms with Gasteiger partial charge in [-0.1, -0.05) is 31.6 Å². The van der Waals surface area contributed by atoms with Crippen molar-refractivity contribution in [2.45, 2.75) is 65.1 Å². The molecule has 0 saturated carbocycles. The van der Waals surface area contributed by atoms with Crippen molar-refractivity contribution in [2.24, 2.45) is 5.92 Å². The number of rotatable bonds is 3. The number of carbonyl (C=O) groups excluding carboxylic acids is 1. The molecule has 0 spiro atoms. The molecule has 2 unspecified atom stereocenters. The first kappa shape index (κ1) is 20.2. The molecular formula is C22H30O4. The number of ether oxygens (including phenoxy) is 1. The molecule has 0 amide bonds. The number of hydrogen-bond acceptors (Lipinski definition) is 4. The minimum atomic E-state index is -0.897. The van der Waals surface area contributed by atoms with E-state index in [1.807, 2.05) is 13.0 Å². The normalized spacial score (nSPS) is 24.6. The summed E-state index contributed by atoms with van der Waals surface area (Å²) in [7, 11) is 0. The third kappa shape index (κ3) is 5.73. The van der Waals surface area contributed by atoms with Crippen LogP contribution in [0.2, 0.25) is 0 Å². The first-order valence-electron chi connectivity index (χ1n) is 9.27. The number of benzene rings is 1. The monoisotopic (exact) mass is 358 g/mol. The Hall–Kier alpha value is -2.07. The standard InChI is InChI=1S/C22H30O4/c1-15(2)19-12-7-16(3)6-5-13-22(4,25)14-20(19)26-21(24)17-8-10-18(23)11-9-17/h7-12,15,20,23,25H,5-6,13-14H2,1-4H3. The first-order valence-corrected chi connectivity index (χ1v) is 9.27. The van der Waals surface area contributed by atoms with Gasteiger partial charge >= 0.3 is 5.97 Å². The second kappa shape index (κ2) is 8.54. The molecule has 2 N–H and O–H groups in total. The SMILES string of the molecule is CC1=CC=C(C(C)C)C(OC(=O)c2ccc(O)cc2)CC(C)(O)CCC1. The molecule has 1 aromatic carbocycles. The minimum absolute atomic E-state index is 0.103. The van der Waals surface area contributed by atoms with Gasteiger partial charge in [0.2, 0.25) is 0 Å². The predicted octanol–water partition coefficient (Wildman–Crippen LogP) is 4.77. The van der Waals surface area contributed by atoms with Crippen molar-refractivity contribution in [3.63, 3.8) is 0 Å². The molecule has 0 aromatic heterocycles. The van der Waals surface area contributed by atoms with Gasteiger partial charge in [0.05, 0.1) is 11.2 Å². The van der Waals surface area contributed by atoms with Gasteiger partial charge in [0, 0.05) is 6.42 Å². The van der Waals surface area contributed by atoms with E-state index in [2.05, 4.69) is 26.8 Å². The van der Waals surface area contributed by atoms with E-state index >= 15 is 0 Å². The summed E-state index contributed by atoms with van der Waals surface area (Å²) in [5.74, 6) is -0.159. The zero-order chi connectivity index (χ0) is 19.3. The van der Waals surface area contributed by atoms with Crippen molar-refractivity contribution in [2.75, 3.05) is 0 Å². The quantitative estimate of drug-likeness (QED) is 0.764. The van der Waals surface area contributed by atoms with Crippen LogP contribution in [0.15, 0.2) is 47.6 Å². The summed E-state index contributed by atoms with van der Waals surface area (Å²) in [5.41, 5.74) is 1.74. The second-order valence-electron chi connectivity index (χ2n) is 7.83. The molecule has 2 atom stereocenters. The van der Waals surface area contributed by atoms with Crippen LogP contribution in [0.3, 0.4) is 0 Å². The lowest BCUT2D eigenvalue weighted by Crippen LogP contribution is -2.35. The summed E-state index contributed by atoms with van der Waals surface area (Å²) in [6.07, 6.45) is 6.53. The summed E-state index contributed by atoms with van der Waals surface area (Å²) in [6, 6.07) is 6.01. The van der Waals surface area contributed by atoms with Crippen LogP contribution in [-0.4, -0.2) is 27.9 Å². The number of phenolic OH excluding ortho intramolecular Hbond substituents is 1. The fraction of sp³-hybridized carbons (Fsp3) is 0.500. The van der Waals surface area contributed by atoms with Crippen LogP contribution < -0.4 is 0 Å². The van der Waals surface area contributed by atoms with Gasteiger partial charge in [-0.2, -0.15) is 0 Å². The van der Waals surface area contributed by atoms with Crippen molar-refractivity contribution in [3.05, 3.63) is 53.1 Å². The van der Waals surface area contributed by atoms with E-state index in [0.29, 0.717) is 18.4 Å². The van der Waals surface area contributed by atoms with Gasteiger partial charge in [0.15, 0.2) is 0 Å². The molecule has 0 aliphatic heterocycles. The number of aliphatic hydroxyl groups is 1. The Bertz CT molecular complexity index is 681. The average molecular weight is 358 g/mol. The first-order chi connectivity index (χ1) is 12.2. The smallest absolute Gasteiger partial charge is 0.338 e. The highest BCUT2D eigenvalue weighted by Crippen LogP contribution is 2.30. The van der Waals surface area contributed by atoms with Gasteiger partial charge in [-0.15, -0.1) is 0 Å². The molecule has 2 rings (SSSR count). The summed E-state index contributed by atoms with van der Waals surface area (Å²) in [6.45, 7) is 8.03. The molecule has 0 heterocycles. The fourth-order valence-corrected chi connectivity index (χ4v) is 3.27. The van der Waals surface area contributed by atoms with Crippen molar-refractivity contribution in [1.82, 2.24) is 0 Å². The Kier molecular flexibility index (Phi) is 6.65. The molecule has 0 radical (unpaired) electrons. The highest BCUT2D eigenvalue weighted by Gasteiger charge is 2.31. The van der Waals surface area contributed by atoms with Gasteiger partial charge in [-0.3, -0.25) is 0 Å². The molecule has 0 bridgehead atoms. The van der Waals surface area contributed by atoms with Gasteiger partial charge < -0.3 is 14.9 Å². The lowest BCUT2D eigenvalue weighted by Gasteiger charge is -2.32. The summed E-state index contributed by atoms with van der Waals surface area (Å²) >= 11 is 0. The average Bonchev–Trinajstić information content (AvgIpc) is 2.54.